The molecule has 2 heterocycles. The van der Waals surface area contributed by atoms with Gasteiger partial charge in [-0.15, -0.1) is 11.3 Å². The lowest BCUT2D eigenvalue weighted by atomic mass is 9.93. The molecule has 1 aromatic heterocycles. The number of rotatable bonds is 3. The number of hydrogen-bond acceptors (Lipinski definition) is 3. The Morgan fingerprint density at radius 1 is 1.44 bits per heavy atom. The molecule has 0 bridgehead atoms. The molecule has 0 radical (unpaired) electrons. The molecule has 0 amide bonds. The van der Waals surface area contributed by atoms with Crippen molar-refractivity contribution >= 4 is 11.3 Å². The highest BCUT2D eigenvalue weighted by molar-refractivity contribution is 7.12. The summed E-state index contributed by atoms with van der Waals surface area (Å²) in [5, 5.41) is 3.77. The molecule has 2 rings (SSSR count). The topological polar surface area (TPSA) is 21.3 Å². The summed E-state index contributed by atoms with van der Waals surface area (Å²) in [6, 6.07) is 3.33. The molecular weight excluding hydrogens is 242 g/mol. The van der Waals surface area contributed by atoms with Crippen LogP contribution < -0.4 is 5.32 Å². The van der Waals surface area contributed by atoms with Crippen LogP contribution in [-0.4, -0.2) is 18.2 Å². The molecule has 2 atom stereocenters. The maximum absolute atomic E-state index is 5.77. The first-order valence-corrected chi connectivity index (χ1v) is 7.66. The second kappa shape index (κ2) is 5.32. The normalized spacial score (nSPS) is 25.1. The molecule has 0 spiro atoms. The summed E-state index contributed by atoms with van der Waals surface area (Å²) in [6.07, 6.45) is 2.22. The van der Waals surface area contributed by atoms with E-state index in [0.717, 1.165) is 19.4 Å². The minimum absolute atomic E-state index is 0.0231. The Kier molecular flexibility index (Phi) is 4.15. The van der Waals surface area contributed by atoms with Gasteiger partial charge in [-0.25, -0.2) is 0 Å². The highest BCUT2D eigenvalue weighted by Crippen LogP contribution is 2.29. The van der Waals surface area contributed by atoms with Crippen LogP contribution in [0.1, 0.15) is 55.0 Å². The summed E-state index contributed by atoms with van der Waals surface area (Å²) in [6.45, 7) is 11.9. The molecule has 1 aliphatic rings. The van der Waals surface area contributed by atoms with Gasteiger partial charge in [0.2, 0.25) is 0 Å². The maximum atomic E-state index is 5.77. The standard InChI is InChI=1S/C15H25NOS/c1-10-8-14(12(3)18-10)11(2)16-13-6-7-17-15(4,5)9-13/h8,11,13,16H,6-7,9H2,1-5H3. The first kappa shape index (κ1) is 14.0. The van der Waals surface area contributed by atoms with Crippen molar-refractivity contribution in [2.24, 2.45) is 0 Å². The molecular formula is C15H25NOS. The zero-order valence-electron chi connectivity index (χ0n) is 12.2. The largest absolute Gasteiger partial charge is 0.375 e. The fraction of sp³-hybridized carbons (Fsp3) is 0.733. The second-order valence-electron chi connectivity index (χ2n) is 6.05. The third-order valence-electron chi connectivity index (χ3n) is 3.73. The molecule has 1 aliphatic heterocycles. The minimum atomic E-state index is 0.0231. The molecule has 0 saturated carbocycles. The van der Waals surface area contributed by atoms with Crippen molar-refractivity contribution < 1.29 is 4.74 Å². The molecule has 18 heavy (non-hydrogen) atoms. The van der Waals surface area contributed by atoms with Gasteiger partial charge in [0.1, 0.15) is 0 Å². The molecule has 1 N–H and O–H groups in total. The maximum Gasteiger partial charge on any atom is 0.0641 e. The van der Waals surface area contributed by atoms with Crippen molar-refractivity contribution in [1.82, 2.24) is 5.32 Å². The van der Waals surface area contributed by atoms with Gasteiger partial charge in [0.15, 0.2) is 0 Å². The Morgan fingerprint density at radius 3 is 2.72 bits per heavy atom. The third kappa shape index (κ3) is 3.34. The van der Waals surface area contributed by atoms with Gasteiger partial charge >= 0.3 is 0 Å². The van der Waals surface area contributed by atoms with E-state index in [9.17, 15) is 0 Å². The minimum Gasteiger partial charge on any atom is -0.375 e. The van der Waals surface area contributed by atoms with Crippen LogP contribution in [0.15, 0.2) is 6.07 Å². The lowest BCUT2D eigenvalue weighted by molar-refractivity contribution is -0.0639. The van der Waals surface area contributed by atoms with Crippen LogP contribution in [0.3, 0.4) is 0 Å². The number of thiophene rings is 1. The van der Waals surface area contributed by atoms with E-state index in [1.165, 1.54) is 15.3 Å². The van der Waals surface area contributed by atoms with Crippen molar-refractivity contribution in [3.8, 4) is 0 Å². The van der Waals surface area contributed by atoms with E-state index in [4.69, 9.17) is 4.74 Å². The van der Waals surface area contributed by atoms with Gasteiger partial charge in [-0.2, -0.15) is 0 Å². The summed E-state index contributed by atoms with van der Waals surface area (Å²) >= 11 is 1.89. The van der Waals surface area contributed by atoms with Crippen molar-refractivity contribution in [2.75, 3.05) is 6.61 Å². The van der Waals surface area contributed by atoms with Crippen LogP contribution in [0.5, 0.6) is 0 Å². The lowest BCUT2D eigenvalue weighted by Gasteiger charge is -2.37. The summed E-state index contributed by atoms with van der Waals surface area (Å²) < 4.78 is 5.77. The first-order chi connectivity index (χ1) is 8.37. The van der Waals surface area contributed by atoms with Crippen molar-refractivity contribution in [1.29, 1.82) is 0 Å². The molecule has 0 aliphatic carbocycles. The molecule has 0 aromatic carbocycles. The van der Waals surface area contributed by atoms with Crippen LogP contribution in [0.25, 0.3) is 0 Å². The van der Waals surface area contributed by atoms with Crippen molar-refractivity contribution in [2.45, 2.75) is 65.1 Å². The molecule has 2 unspecified atom stereocenters. The first-order valence-electron chi connectivity index (χ1n) is 6.84. The van der Waals surface area contributed by atoms with Gasteiger partial charge in [-0.1, -0.05) is 0 Å². The monoisotopic (exact) mass is 267 g/mol. The summed E-state index contributed by atoms with van der Waals surface area (Å²) in [4.78, 5) is 2.85. The Bertz CT molecular complexity index is 411. The smallest absolute Gasteiger partial charge is 0.0641 e. The number of hydrogen-bond donors (Lipinski definition) is 1. The van der Waals surface area contributed by atoms with Gasteiger partial charge in [-0.05, 0) is 59.1 Å². The van der Waals surface area contributed by atoms with Crippen LogP contribution in [0.2, 0.25) is 0 Å². The number of nitrogens with one attached hydrogen (secondary N) is 1. The van der Waals surface area contributed by atoms with E-state index in [2.05, 4.69) is 46.0 Å². The predicted molar refractivity (Wildman–Crippen MR) is 78.4 cm³/mol. The zero-order valence-corrected chi connectivity index (χ0v) is 13.0. The van der Waals surface area contributed by atoms with E-state index in [1.807, 2.05) is 11.3 Å². The molecule has 2 nitrogen and oxygen atoms in total. The summed E-state index contributed by atoms with van der Waals surface area (Å²) in [5.74, 6) is 0. The Labute approximate surface area is 115 Å². The van der Waals surface area contributed by atoms with E-state index in [-0.39, 0.29) is 5.60 Å². The van der Waals surface area contributed by atoms with E-state index >= 15 is 0 Å². The van der Waals surface area contributed by atoms with Gasteiger partial charge in [-0.3, -0.25) is 0 Å². The molecule has 3 heteroatoms. The lowest BCUT2D eigenvalue weighted by Crippen LogP contribution is -2.44. The van der Waals surface area contributed by atoms with E-state index < -0.39 is 0 Å². The van der Waals surface area contributed by atoms with Gasteiger partial charge in [0.25, 0.3) is 0 Å². The quantitative estimate of drug-likeness (QED) is 0.894. The van der Waals surface area contributed by atoms with E-state index in [0.29, 0.717) is 12.1 Å². The highest BCUT2D eigenvalue weighted by Gasteiger charge is 2.29. The SMILES string of the molecule is Cc1cc(C(C)NC2CCOC(C)(C)C2)c(C)s1. The number of aryl methyl sites for hydroxylation is 2. The third-order valence-corrected chi connectivity index (χ3v) is 4.71. The average molecular weight is 267 g/mol. The molecule has 1 saturated heterocycles. The Balaban J connectivity index is 1.99. The van der Waals surface area contributed by atoms with Crippen LogP contribution >= 0.6 is 11.3 Å². The van der Waals surface area contributed by atoms with Gasteiger partial charge in [0.05, 0.1) is 5.60 Å². The summed E-state index contributed by atoms with van der Waals surface area (Å²) in [5.41, 5.74) is 1.48. The van der Waals surface area contributed by atoms with Gasteiger partial charge < -0.3 is 10.1 Å². The van der Waals surface area contributed by atoms with Crippen molar-refractivity contribution in [3.63, 3.8) is 0 Å². The second-order valence-corrected chi connectivity index (χ2v) is 7.52. The predicted octanol–water partition coefficient (Wildman–Crippen LogP) is 3.97. The highest BCUT2D eigenvalue weighted by atomic mass is 32.1. The Hall–Kier alpha value is -0.380. The van der Waals surface area contributed by atoms with Crippen LogP contribution in [0, 0.1) is 13.8 Å². The van der Waals surface area contributed by atoms with E-state index in [1.54, 1.807) is 0 Å². The van der Waals surface area contributed by atoms with Crippen LogP contribution in [-0.2, 0) is 4.74 Å². The Morgan fingerprint density at radius 2 is 2.17 bits per heavy atom. The zero-order chi connectivity index (χ0) is 13.3. The fourth-order valence-electron chi connectivity index (χ4n) is 2.90. The number of ether oxygens (including phenoxy) is 1. The molecule has 1 aromatic rings. The van der Waals surface area contributed by atoms with Gasteiger partial charge in [0, 0.05) is 28.4 Å². The van der Waals surface area contributed by atoms with Crippen LogP contribution in [0.4, 0.5) is 0 Å². The van der Waals surface area contributed by atoms with Crippen molar-refractivity contribution in [3.05, 3.63) is 21.4 Å². The average Bonchev–Trinajstić information content (AvgIpc) is 2.56. The fourth-order valence-corrected chi connectivity index (χ4v) is 3.92. The molecule has 102 valence electrons. The molecule has 1 fully saturated rings. The summed E-state index contributed by atoms with van der Waals surface area (Å²) in [7, 11) is 0.